The van der Waals surface area contributed by atoms with Gasteiger partial charge in [-0.2, -0.15) is 13.2 Å². The van der Waals surface area contributed by atoms with E-state index in [0.29, 0.717) is 17.8 Å². The van der Waals surface area contributed by atoms with Gasteiger partial charge in [0, 0.05) is 47.4 Å². The molecule has 1 N–H and O–H groups in total. The normalized spacial score (nSPS) is 19.5. The summed E-state index contributed by atoms with van der Waals surface area (Å²) in [4.78, 5) is 1.84. The van der Waals surface area contributed by atoms with Gasteiger partial charge in [0.15, 0.2) is 0 Å². The SMILES string of the molecule is C[C@@H](Cl)[C@@H]1CN(C)c2cc(O)c3cccc(C(F)(F)F)c3c21. The molecular weight excluding hydrogens is 315 g/mol. The highest BCUT2D eigenvalue weighted by Crippen LogP contribution is 2.49. The minimum atomic E-state index is -4.48. The minimum absolute atomic E-state index is 0.0619. The van der Waals surface area contributed by atoms with Crippen LogP contribution in [0.5, 0.6) is 5.75 Å². The van der Waals surface area contributed by atoms with Gasteiger partial charge in [-0.05, 0) is 18.6 Å². The van der Waals surface area contributed by atoms with Crippen molar-refractivity contribution in [2.24, 2.45) is 0 Å². The lowest BCUT2D eigenvalue weighted by molar-refractivity contribution is -0.136. The van der Waals surface area contributed by atoms with Crippen molar-refractivity contribution in [3.63, 3.8) is 0 Å². The van der Waals surface area contributed by atoms with Crippen LogP contribution in [-0.4, -0.2) is 24.1 Å². The van der Waals surface area contributed by atoms with E-state index in [-0.39, 0.29) is 27.8 Å². The molecule has 0 unspecified atom stereocenters. The lowest BCUT2D eigenvalue weighted by Gasteiger charge is -2.19. The number of alkyl halides is 4. The highest BCUT2D eigenvalue weighted by atomic mass is 35.5. The van der Waals surface area contributed by atoms with Gasteiger partial charge in [0.25, 0.3) is 0 Å². The van der Waals surface area contributed by atoms with Crippen molar-refractivity contribution in [2.75, 3.05) is 18.5 Å². The molecule has 1 aliphatic heterocycles. The number of rotatable bonds is 1. The zero-order valence-electron chi connectivity index (χ0n) is 12.1. The molecule has 0 saturated carbocycles. The van der Waals surface area contributed by atoms with Crippen LogP contribution >= 0.6 is 11.6 Å². The first-order valence-corrected chi connectivity index (χ1v) is 7.36. The molecule has 0 aliphatic carbocycles. The Labute approximate surface area is 131 Å². The van der Waals surface area contributed by atoms with E-state index in [9.17, 15) is 18.3 Å². The van der Waals surface area contributed by atoms with Gasteiger partial charge in [-0.15, -0.1) is 11.6 Å². The average Bonchev–Trinajstić information content (AvgIpc) is 2.75. The topological polar surface area (TPSA) is 23.5 Å². The van der Waals surface area contributed by atoms with Crippen molar-refractivity contribution in [3.8, 4) is 5.75 Å². The Kier molecular flexibility index (Phi) is 3.44. The monoisotopic (exact) mass is 329 g/mol. The van der Waals surface area contributed by atoms with Crippen molar-refractivity contribution < 1.29 is 18.3 Å². The molecule has 6 heteroatoms. The second-order valence-corrected chi connectivity index (χ2v) is 6.41. The van der Waals surface area contributed by atoms with Gasteiger partial charge in [-0.25, -0.2) is 0 Å². The summed E-state index contributed by atoms with van der Waals surface area (Å²) >= 11 is 6.21. The smallest absolute Gasteiger partial charge is 0.417 e. The Morgan fingerprint density at radius 2 is 2.05 bits per heavy atom. The molecule has 2 aromatic carbocycles. The Hall–Kier alpha value is -1.62. The number of aromatic hydroxyl groups is 1. The number of likely N-dealkylation sites (N-methyl/N-ethyl adjacent to an activating group) is 1. The maximum absolute atomic E-state index is 13.4. The Morgan fingerprint density at radius 1 is 1.36 bits per heavy atom. The first kappa shape index (κ1) is 15.3. The highest BCUT2D eigenvalue weighted by molar-refractivity contribution is 6.21. The Bertz CT molecular complexity index is 742. The van der Waals surface area contributed by atoms with Crippen LogP contribution in [0.15, 0.2) is 24.3 Å². The van der Waals surface area contributed by atoms with Crippen LogP contribution in [0.25, 0.3) is 10.8 Å². The molecule has 0 fully saturated rings. The van der Waals surface area contributed by atoms with Gasteiger partial charge in [0.1, 0.15) is 5.75 Å². The van der Waals surface area contributed by atoms with Gasteiger partial charge in [0.05, 0.1) is 5.56 Å². The summed E-state index contributed by atoms with van der Waals surface area (Å²) < 4.78 is 40.2. The molecular formula is C16H15ClF3NO. The molecule has 0 spiro atoms. The van der Waals surface area contributed by atoms with Gasteiger partial charge in [0.2, 0.25) is 0 Å². The van der Waals surface area contributed by atoms with Gasteiger partial charge in [-0.1, -0.05) is 12.1 Å². The van der Waals surface area contributed by atoms with Gasteiger partial charge >= 0.3 is 6.18 Å². The van der Waals surface area contributed by atoms with E-state index < -0.39 is 11.7 Å². The van der Waals surface area contributed by atoms with Crippen molar-refractivity contribution in [1.82, 2.24) is 0 Å². The van der Waals surface area contributed by atoms with E-state index in [4.69, 9.17) is 11.6 Å². The number of fused-ring (bicyclic) bond motifs is 3. The molecule has 22 heavy (non-hydrogen) atoms. The second kappa shape index (κ2) is 4.95. The number of phenolic OH excluding ortho intramolecular Hbond substituents is 1. The van der Waals surface area contributed by atoms with Crippen LogP contribution in [-0.2, 0) is 6.18 Å². The lowest BCUT2D eigenvalue weighted by Crippen LogP contribution is -2.19. The van der Waals surface area contributed by atoms with Crippen LogP contribution < -0.4 is 4.90 Å². The largest absolute Gasteiger partial charge is 0.507 e. The molecule has 1 aliphatic rings. The van der Waals surface area contributed by atoms with Crippen molar-refractivity contribution in [3.05, 3.63) is 35.4 Å². The first-order valence-electron chi connectivity index (χ1n) is 6.92. The number of halogens is 4. The predicted octanol–water partition coefficient (Wildman–Crippen LogP) is 4.72. The van der Waals surface area contributed by atoms with E-state index >= 15 is 0 Å². The van der Waals surface area contributed by atoms with E-state index in [1.807, 2.05) is 4.90 Å². The molecule has 3 rings (SSSR count). The van der Waals surface area contributed by atoms with Crippen molar-refractivity contribution in [1.29, 1.82) is 0 Å². The van der Waals surface area contributed by atoms with Gasteiger partial charge in [-0.3, -0.25) is 0 Å². The van der Waals surface area contributed by atoms with E-state index in [1.54, 1.807) is 14.0 Å². The highest BCUT2D eigenvalue weighted by Gasteiger charge is 2.38. The molecule has 1 heterocycles. The van der Waals surface area contributed by atoms with E-state index in [2.05, 4.69) is 0 Å². The number of hydrogen-bond donors (Lipinski definition) is 1. The lowest BCUT2D eigenvalue weighted by atomic mass is 9.89. The number of benzene rings is 2. The second-order valence-electron chi connectivity index (χ2n) is 5.72. The summed E-state index contributed by atoms with van der Waals surface area (Å²) in [5.41, 5.74) is 0.458. The fourth-order valence-corrected chi connectivity index (χ4v) is 3.46. The Morgan fingerprint density at radius 3 is 2.64 bits per heavy atom. The quantitative estimate of drug-likeness (QED) is 0.765. The maximum Gasteiger partial charge on any atom is 0.417 e. The minimum Gasteiger partial charge on any atom is -0.507 e. The summed E-state index contributed by atoms with van der Waals surface area (Å²) in [7, 11) is 1.79. The first-order chi connectivity index (χ1) is 10.2. The molecule has 0 saturated heterocycles. The van der Waals surface area contributed by atoms with Crippen LogP contribution in [0.4, 0.5) is 18.9 Å². The molecule has 0 radical (unpaired) electrons. The molecule has 0 aromatic heterocycles. The summed E-state index contributed by atoms with van der Waals surface area (Å²) in [6.45, 7) is 2.31. The summed E-state index contributed by atoms with van der Waals surface area (Å²) in [6.07, 6.45) is -4.48. The van der Waals surface area contributed by atoms with Crippen molar-refractivity contribution in [2.45, 2.75) is 24.4 Å². The standard InChI is InChI=1S/C16H15ClF3NO/c1-8(17)10-7-21(2)12-6-13(22)9-4-3-5-11(16(18,19)20)14(9)15(10)12/h3-6,8,10,22H,7H2,1-2H3/t8-,10+/m1/s1. The van der Waals surface area contributed by atoms with E-state index in [1.165, 1.54) is 18.2 Å². The van der Waals surface area contributed by atoms with Crippen LogP contribution in [0.2, 0.25) is 0 Å². The fourth-order valence-electron chi connectivity index (χ4n) is 3.26. The molecule has 2 atom stereocenters. The molecule has 2 nitrogen and oxygen atoms in total. The number of nitrogens with zero attached hydrogens (tertiary/aromatic N) is 1. The predicted molar refractivity (Wildman–Crippen MR) is 81.9 cm³/mol. The van der Waals surface area contributed by atoms with Crippen LogP contribution in [0, 0.1) is 0 Å². The summed E-state index contributed by atoms with van der Waals surface area (Å²) in [6, 6.07) is 5.40. The molecule has 0 amide bonds. The maximum atomic E-state index is 13.4. The molecule has 0 bridgehead atoms. The molecule has 118 valence electrons. The Balaban J connectivity index is 2.45. The third-order valence-electron chi connectivity index (χ3n) is 4.27. The van der Waals surface area contributed by atoms with Crippen LogP contribution in [0.3, 0.4) is 0 Å². The number of hydrogen-bond acceptors (Lipinski definition) is 2. The zero-order chi connectivity index (χ0) is 16.2. The van der Waals surface area contributed by atoms with Gasteiger partial charge < -0.3 is 10.0 Å². The summed E-state index contributed by atoms with van der Waals surface area (Å²) in [5.74, 6) is -0.358. The fraction of sp³-hybridized carbons (Fsp3) is 0.375. The van der Waals surface area contributed by atoms with Crippen LogP contribution in [0.1, 0.15) is 24.0 Å². The zero-order valence-corrected chi connectivity index (χ0v) is 12.8. The van der Waals surface area contributed by atoms with E-state index in [0.717, 1.165) is 6.07 Å². The average molecular weight is 330 g/mol. The number of anilines is 1. The number of phenols is 1. The third-order valence-corrected chi connectivity index (χ3v) is 4.58. The van der Waals surface area contributed by atoms with Crippen molar-refractivity contribution >= 4 is 28.1 Å². The summed E-state index contributed by atoms with van der Waals surface area (Å²) in [5, 5.41) is 10.1. The third kappa shape index (κ3) is 2.19. The molecule has 2 aromatic rings.